The number of hydrogen-bond donors (Lipinski definition) is 2. The van der Waals surface area contributed by atoms with Crippen molar-refractivity contribution in [1.82, 2.24) is 20.5 Å². The van der Waals surface area contributed by atoms with Gasteiger partial charge in [-0.25, -0.2) is 4.99 Å². The van der Waals surface area contributed by atoms with Crippen LogP contribution in [-0.2, 0) is 13.0 Å². The summed E-state index contributed by atoms with van der Waals surface area (Å²) in [6.45, 7) is 9.59. The molecule has 0 aliphatic heterocycles. The van der Waals surface area contributed by atoms with E-state index < -0.39 is 0 Å². The van der Waals surface area contributed by atoms with Crippen molar-refractivity contribution in [1.29, 1.82) is 0 Å². The van der Waals surface area contributed by atoms with Crippen LogP contribution in [0.4, 0.5) is 0 Å². The molecule has 0 unspecified atom stereocenters. The molecule has 0 bridgehead atoms. The van der Waals surface area contributed by atoms with Gasteiger partial charge in [-0.3, -0.25) is 9.78 Å². The van der Waals surface area contributed by atoms with Gasteiger partial charge in [0.25, 0.3) is 5.91 Å². The monoisotopic (exact) mass is 509 g/mol. The highest BCUT2D eigenvalue weighted by Crippen LogP contribution is 2.09. The molecule has 0 aliphatic carbocycles. The second-order valence-electron chi connectivity index (χ2n) is 6.37. The number of nitrogens with zero attached hydrogens (tertiary/aromatic N) is 3. The van der Waals surface area contributed by atoms with E-state index in [1.165, 1.54) is 0 Å². The van der Waals surface area contributed by atoms with Crippen LogP contribution in [0, 0.1) is 0 Å². The van der Waals surface area contributed by atoms with Crippen molar-refractivity contribution in [2.75, 3.05) is 26.2 Å². The van der Waals surface area contributed by atoms with E-state index in [2.05, 4.69) is 20.6 Å². The summed E-state index contributed by atoms with van der Waals surface area (Å²) in [6.07, 6.45) is 2.65. The Morgan fingerprint density at radius 1 is 1.03 bits per heavy atom. The number of aliphatic imine (C=N–C) groups is 1. The summed E-state index contributed by atoms with van der Waals surface area (Å²) in [6, 6.07) is 13.6. The summed E-state index contributed by atoms with van der Waals surface area (Å²) in [5.74, 6) is 0.853. The van der Waals surface area contributed by atoms with Crippen molar-refractivity contribution in [2.24, 2.45) is 4.99 Å². The number of rotatable bonds is 9. The van der Waals surface area contributed by atoms with Crippen molar-refractivity contribution in [3.05, 3.63) is 65.5 Å². The van der Waals surface area contributed by atoms with Crippen LogP contribution in [0.5, 0.6) is 0 Å². The zero-order valence-corrected chi connectivity index (χ0v) is 19.8. The Hall–Kier alpha value is -2.16. The molecule has 2 aromatic rings. The zero-order valence-electron chi connectivity index (χ0n) is 17.5. The van der Waals surface area contributed by atoms with Crippen LogP contribution in [0.1, 0.15) is 42.4 Å². The van der Waals surface area contributed by atoms with Gasteiger partial charge in [-0.2, -0.15) is 0 Å². The van der Waals surface area contributed by atoms with Crippen molar-refractivity contribution in [3.8, 4) is 0 Å². The van der Waals surface area contributed by atoms with Gasteiger partial charge in [0.05, 0.1) is 6.54 Å². The third-order valence-corrected chi connectivity index (χ3v) is 4.42. The fourth-order valence-electron chi connectivity index (χ4n) is 2.81. The first kappa shape index (κ1) is 24.9. The first-order valence-electron chi connectivity index (χ1n) is 9.98. The van der Waals surface area contributed by atoms with Crippen molar-refractivity contribution < 1.29 is 4.79 Å². The van der Waals surface area contributed by atoms with Gasteiger partial charge in [0.1, 0.15) is 0 Å². The van der Waals surface area contributed by atoms with E-state index in [1.807, 2.05) is 74.3 Å². The molecule has 0 radical (unpaired) electrons. The Morgan fingerprint density at radius 2 is 1.76 bits per heavy atom. The molecule has 0 saturated heterocycles. The van der Waals surface area contributed by atoms with Crippen molar-refractivity contribution in [2.45, 2.75) is 33.7 Å². The molecular weight excluding hydrogens is 477 g/mol. The summed E-state index contributed by atoms with van der Waals surface area (Å²) >= 11 is 0. The van der Waals surface area contributed by atoms with E-state index in [4.69, 9.17) is 0 Å². The molecule has 0 spiro atoms. The fourth-order valence-corrected chi connectivity index (χ4v) is 2.81. The number of carbonyl (C=O) groups is 1. The number of nitrogens with one attached hydrogen (secondary N) is 2. The predicted molar refractivity (Wildman–Crippen MR) is 130 cm³/mol. The van der Waals surface area contributed by atoms with Crippen molar-refractivity contribution in [3.63, 3.8) is 0 Å². The van der Waals surface area contributed by atoms with Gasteiger partial charge in [-0.15, -0.1) is 24.0 Å². The van der Waals surface area contributed by atoms with Gasteiger partial charge >= 0.3 is 0 Å². The summed E-state index contributed by atoms with van der Waals surface area (Å²) in [5, 5.41) is 6.59. The van der Waals surface area contributed by atoms with Crippen LogP contribution in [-0.4, -0.2) is 47.9 Å². The van der Waals surface area contributed by atoms with E-state index in [9.17, 15) is 4.79 Å². The smallest absolute Gasteiger partial charge is 0.253 e. The third kappa shape index (κ3) is 8.39. The topological polar surface area (TPSA) is 69.6 Å². The Labute approximate surface area is 191 Å². The van der Waals surface area contributed by atoms with Crippen LogP contribution in [0.2, 0.25) is 0 Å². The Morgan fingerprint density at radius 3 is 2.34 bits per heavy atom. The first-order chi connectivity index (χ1) is 13.7. The maximum atomic E-state index is 12.4. The molecule has 1 amide bonds. The highest BCUT2D eigenvalue weighted by Gasteiger charge is 2.11. The number of guanidine groups is 1. The molecular formula is C22H32IN5O. The Kier molecular flexibility index (Phi) is 11.9. The van der Waals surface area contributed by atoms with E-state index in [0.717, 1.165) is 55.4 Å². The molecule has 1 aromatic carbocycles. The minimum absolute atomic E-state index is 0. The lowest BCUT2D eigenvalue weighted by Gasteiger charge is -2.18. The Balaban J connectivity index is 0.00000420. The molecule has 0 atom stereocenters. The molecule has 2 rings (SSSR count). The molecule has 0 saturated carbocycles. The molecule has 1 heterocycles. The minimum Gasteiger partial charge on any atom is -0.357 e. The van der Waals surface area contributed by atoms with Gasteiger partial charge in [0, 0.05) is 50.1 Å². The number of carbonyl (C=O) groups excluding carboxylic acids is 1. The number of pyridine rings is 1. The lowest BCUT2D eigenvalue weighted by Crippen LogP contribution is -2.38. The predicted octanol–water partition coefficient (Wildman–Crippen LogP) is 3.48. The molecule has 7 heteroatoms. The van der Waals surface area contributed by atoms with E-state index >= 15 is 0 Å². The third-order valence-electron chi connectivity index (χ3n) is 4.42. The highest BCUT2D eigenvalue weighted by molar-refractivity contribution is 14.0. The van der Waals surface area contributed by atoms with Gasteiger partial charge in [0.15, 0.2) is 5.96 Å². The summed E-state index contributed by atoms with van der Waals surface area (Å²) < 4.78 is 0. The molecule has 6 nitrogen and oxygen atoms in total. The number of hydrogen-bond acceptors (Lipinski definition) is 3. The molecule has 158 valence electrons. The fraction of sp³-hybridized carbons (Fsp3) is 0.409. The molecule has 0 aliphatic rings. The van der Waals surface area contributed by atoms with Crippen LogP contribution in [0.3, 0.4) is 0 Å². The van der Waals surface area contributed by atoms with Crippen LogP contribution in [0.15, 0.2) is 53.7 Å². The quantitative estimate of drug-likeness (QED) is 0.309. The van der Waals surface area contributed by atoms with E-state index in [0.29, 0.717) is 6.54 Å². The molecule has 2 N–H and O–H groups in total. The normalized spacial score (nSPS) is 10.8. The first-order valence-corrected chi connectivity index (χ1v) is 9.98. The maximum Gasteiger partial charge on any atom is 0.253 e. The zero-order chi connectivity index (χ0) is 20.2. The van der Waals surface area contributed by atoms with Crippen LogP contribution < -0.4 is 10.6 Å². The second kappa shape index (κ2) is 13.9. The minimum atomic E-state index is 0. The van der Waals surface area contributed by atoms with Gasteiger partial charge in [0.2, 0.25) is 0 Å². The second-order valence-corrected chi connectivity index (χ2v) is 6.37. The van der Waals surface area contributed by atoms with E-state index in [-0.39, 0.29) is 29.9 Å². The van der Waals surface area contributed by atoms with Gasteiger partial charge in [-0.1, -0.05) is 18.2 Å². The SMILES string of the molecule is CCNC(=NCc1ccc(C(=O)N(CC)CC)cc1)NCCc1ccccn1.I. The van der Waals surface area contributed by atoms with Gasteiger partial charge < -0.3 is 15.5 Å². The van der Waals surface area contributed by atoms with Crippen LogP contribution in [0.25, 0.3) is 0 Å². The Bertz CT molecular complexity index is 746. The molecule has 29 heavy (non-hydrogen) atoms. The summed E-state index contributed by atoms with van der Waals surface area (Å²) in [5.41, 5.74) is 2.84. The number of halogens is 1. The number of benzene rings is 1. The standard InChI is InChI=1S/C22H31N5O.HI/c1-4-23-22(25-16-14-20-9-7-8-15-24-20)26-17-18-10-12-19(13-11-18)21(28)27(5-2)6-3;/h7-13,15H,4-6,14,16-17H2,1-3H3,(H2,23,25,26);1H. The number of amides is 1. The lowest BCUT2D eigenvalue weighted by atomic mass is 10.1. The molecule has 0 fully saturated rings. The largest absolute Gasteiger partial charge is 0.357 e. The van der Waals surface area contributed by atoms with Gasteiger partial charge in [-0.05, 0) is 50.6 Å². The van der Waals surface area contributed by atoms with Crippen LogP contribution >= 0.6 is 24.0 Å². The summed E-state index contributed by atoms with van der Waals surface area (Å²) in [4.78, 5) is 23.2. The average molecular weight is 509 g/mol. The van der Waals surface area contributed by atoms with Crippen molar-refractivity contribution >= 4 is 35.8 Å². The molecule has 1 aromatic heterocycles. The maximum absolute atomic E-state index is 12.4. The summed E-state index contributed by atoms with van der Waals surface area (Å²) in [7, 11) is 0. The lowest BCUT2D eigenvalue weighted by molar-refractivity contribution is 0.0773. The van der Waals surface area contributed by atoms with E-state index in [1.54, 1.807) is 0 Å². The highest BCUT2D eigenvalue weighted by atomic mass is 127. The average Bonchev–Trinajstić information content (AvgIpc) is 2.74. The number of aromatic nitrogens is 1.